The van der Waals surface area contributed by atoms with Crippen LogP contribution < -0.4 is 0 Å². The lowest BCUT2D eigenvalue weighted by atomic mass is 9.95. The number of nitro benzene ring substituents is 1. The summed E-state index contributed by atoms with van der Waals surface area (Å²) in [6.07, 6.45) is 3.02. The smallest absolute Gasteiger partial charge is 0.282 e. The van der Waals surface area contributed by atoms with Crippen LogP contribution in [0.2, 0.25) is 0 Å². The van der Waals surface area contributed by atoms with E-state index in [2.05, 4.69) is 29.2 Å². The van der Waals surface area contributed by atoms with Crippen LogP contribution in [-0.4, -0.2) is 46.3 Å². The van der Waals surface area contributed by atoms with E-state index in [0.29, 0.717) is 19.1 Å². The molecule has 0 radical (unpaired) electrons. The van der Waals surface area contributed by atoms with Gasteiger partial charge in [0, 0.05) is 38.3 Å². The highest BCUT2D eigenvalue weighted by Gasteiger charge is 2.32. The molecule has 2 aliphatic rings. The third-order valence-electron chi connectivity index (χ3n) is 5.69. The molecular weight excluding hydrogens is 342 g/mol. The Bertz CT molecular complexity index is 867. The number of piperidine rings is 1. The molecule has 27 heavy (non-hydrogen) atoms. The number of nitrogens with zero attached hydrogens (tertiary/aromatic N) is 3. The molecule has 4 rings (SSSR count). The number of amides is 1. The molecule has 1 atom stereocenters. The molecule has 0 bridgehead atoms. The average Bonchev–Trinajstić information content (AvgIpc) is 2.73. The maximum atomic E-state index is 13.0. The Morgan fingerprint density at radius 1 is 1.04 bits per heavy atom. The second-order valence-electron chi connectivity index (χ2n) is 7.31. The number of nitro groups is 1. The molecule has 1 saturated heterocycles. The van der Waals surface area contributed by atoms with Crippen molar-refractivity contribution < 1.29 is 9.72 Å². The Balaban J connectivity index is 1.49. The summed E-state index contributed by atoms with van der Waals surface area (Å²) in [5.74, 6) is -0.232. The average molecular weight is 365 g/mol. The van der Waals surface area contributed by atoms with Crippen molar-refractivity contribution >= 4 is 11.6 Å². The third kappa shape index (κ3) is 3.57. The maximum Gasteiger partial charge on any atom is 0.282 e. The number of carbonyl (C=O) groups is 1. The highest BCUT2D eigenvalue weighted by atomic mass is 16.6. The van der Waals surface area contributed by atoms with Crippen LogP contribution in [0.5, 0.6) is 0 Å². The number of carbonyl (C=O) groups excluding carboxylic acids is 1. The van der Waals surface area contributed by atoms with Crippen molar-refractivity contribution in [3.63, 3.8) is 0 Å². The first-order valence-electron chi connectivity index (χ1n) is 9.47. The summed E-state index contributed by atoms with van der Waals surface area (Å²) < 4.78 is 0. The fraction of sp³-hybridized carbons (Fsp3) is 0.381. The van der Waals surface area contributed by atoms with Crippen molar-refractivity contribution in [3.05, 3.63) is 75.3 Å². The van der Waals surface area contributed by atoms with Crippen molar-refractivity contribution in [2.24, 2.45) is 0 Å². The van der Waals surface area contributed by atoms with E-state index in [4.69, 9.17) is 0 Å². The van der Waals surface area contributed by atoms with Crippen LogP contribution in [0, 0.1) is 10.1 Å². The lowest BCUT2D eigenvalue weighted by Gasteiger charge is -2.41. The van der Waals surface area contributed by atoms with Crippen molar-refractivity contribution in [3.8, 4) is 0 Å². The highest BCUT2D eigenvalue weighted by molar-refractivity contribution is 5.98. The molecule has 2 heterocycles. The van der Waals surface area contributed by atoms with Gasteiger partial charge in [0.15, 0.2) is 0 Å². The summed E-state index contributed by atoms with van der Waals surface area (Å²) in [5, 5.41) is 11.3. The molecule has 6 nitrogen and oxygen atoms in total. The minimum absolute atomic E-state index is 0.114. The summed E-state index contributed by atoms with van der Waals surface area (Å²) in [6, 6.07) is 15.1. The molecule has 6 heteroatoms. The topological polar surface area (TPSA) is 66.7 Å². The van der Waals surface area contributed by atoms with Crippen LogP contribution >= 0.6 is 0 Å². The fourth-order valence-electron chi connectivity index (χ4n) is 4.25. The minimum atomic E-state index is -0.476. The van der Waals surface area contributed by atoms with Crippen LogP contribution in [0.3, 0.4) is 0 Å². The zero-order chi connectivity index (χ0) is 18.8. The van der Waals surface area contributed by atoms with E-state index in [1.165, 1.54) is 17.2 Å². The molecule has 0 aromatic heterocycles. The maximum absolute atomic E-state index is 13.0. The van der Waals surface area contributed by atoms with E-state index in [0.717, 1.165) is 32.4 Å². The predicted molar refractivity (Wildman–Crippen MR) is 103 cm³/mol. The van der Waals surface area contributed by atoms with Crippen LogP contribution in [-0.2, 0) is 13.0 Å². The zero-order valence-corrected chi connectivity index (χ0v) is 15.2. The lowest BCUT2D eigenvalue weighted by Crippen LogP contribution is -2.51. The Kier molecular flexibility index (Phi) is 4.90. The van der Waals surface area contributed by atoms with E-state index >= 15 is 0 Å². The summed E-state index contributed by atoms with van der Waals surface area (Å²) in [7, 11) is 0. The molecule has 2 aliphatic heterocycles. The number of para-hydroxylation sites is 1. The SMILES string of the molecule is O=C(c1ccccc1[N+](=O)[O-])N1CCC[C@@H](N2CCc3ccccc3C2)C1. The van der Waals surface area contributed by atoms with Crippen LogP contribution in [0.25, 0.3) is 0 Å². The Morgan fingerprint density at radius 3 is 2.59 bits per heavy atom. The Morgan fingerprint density at radius 2 is 1.78 bits per heavy atom. The number of likely N-dealkylation sites (tertiary alicyclic amines) is 1. The molecule has 0 aliphatic carbocycles. The molecule has 0 unspecified atom stereocenters. The molecule has 0 saturated carbocycles. The number of rotatable bonds is 3. The molecule has 2 aromatic carbocycles. The molecule has 0 spiro atoms. The summed E-state index contributed by atoms with van der Waals surface area (Å²) in [4.78, 5) is 28.0. The van der Waals surface area contributed by atoms with Gasteiger partial charge in [0.25, 0.3) is 11.6 Å². The molecule has 1 amide bonds. The second kappa shape index (κ2) is 7.48. The number of hydrogen-bond acceptors (Lipinski definition) is 4. The van der Waals surface area contributed by atoms with E-state index < -0.39 is 4.92 Å². The van der Waals surface area contributed by atoms with Gasteiger partial charge >= 0.3 is 0 Å². The second-order valence-corrected chi connectivity index (χ2v) is 7.31. The van der Waals surface area contributed by atoms with E-state index in [1.54, 1.807) is 23.1 Å². The largest absolute Gasteiger partial charge is 0.337 e. The first kappa shape index (κ1) is 17.7. The first-order valence-corrected chi connectivity index (χ1v) is 9.47. The van der Waals surface area contributed by atoms with Crippen LogP contribution in [0.4, 0.5) is 5.69 Å². The van der Waals surface area contributed by atoms with Crippen LogP contribution in [0.15, 0.2) is 48.5 Å². The van der Waals surface area contributed by atoms with Crippen LogP contribution in [0.1, 0.15) is 34.3 Å². The van der Waals surface area contributed by atoms with Gasteiger partial charge < -0.3 is 4.90 Å². The van der Waals surface area contributed by atoms with Crippen molar-refractivity contribution in [2.75, 3.05) is 19.6 Å². The number of hydrogen-bond donors (Lipinski definition) is 0. The highest BCUT2D eigenvalue weighted by Crippen LogP contribution is 2.26. The van der Waals surface area contributed by atoms with Gasteiger partial charge in [-0.2, -0.15) is 0 Å². The van der Waals surface area contributed by atoms with Gasteiger partial charge in [0.1, 0.15) is 5.56 Å². The van der Waals surface area contributed by atoms with E-state index in [9.17, 15) is 14.9 Å². The predicted octanol–water partition coefficient (Wildman–Crippen LogP) is 3.26. The third-order valence-corrected chi connectivity index (χ3v) is 5.69. The van der Waals surface area contributed by atoms with Crippen molar-refractivity contribution in [1.82, 2.24) is 9.80 Å². The molecule has 2 aromatic rings. The molecule has 0 N–H and O–H groups in total. The standard InChI is InChI=1S/C21H23N3O3/c25-21(19-9-3-4-10-20(19)24(26)27)23-12-5-8-18(15-23)22-13-11-16-6-1-2-7-17(16)14-22/h1-4,6-7,9-10,18H,5,8,11-15H2/t18-/m1/s1. The normalized spacial score (nSPS) is 20.1. The van der Waals surface area contributed by atoms with Gasteiger partial charge in [0.2, 0.25) is 0 Å². The Labute approximate surface area is 158 Å². The summed E-state index contributed by atoms with van der Waals surface area (Å²) >= 11 is 0. The van der Waals surface area contributed by atoms with Gasteiger partial charge in [-0.3, -0.25) is 19.8 Å². The monoisotopic (exact) mass is 365 g/mol. The van der Waals surface area contributed by atoms with Gasteiger partial charge in [-0.15, -0.1) is 0 Å². The minimum Gasteiger partial charge on any atom is -0.337 e. The summed E-state index contributed by atoms with van der Waals surface area (Å²) in [5.41, 5.74) is 2.85. The number of benzene rings is 2. The lowest BCUT2D eigenvalue weighted by molar-refractivity contribution is -0.385. The molecular formula is C21H23N3O3. The quantitative estimate of drug-likeness (QED) is 0.619. The van der Waals surface area contributed by atoms with Gasteiger partial charge in [-0.25, -0.2) is 0 Å². The molecule has 140 valence electrons. The zero-order valence-electron chi connectivity index (χ0n) is 15.2. The number of fused-ring (bicyclic) bond motifs is 1. The van der Waals surface area contributed by atoms with Gasteiger partial charge in [0.05, 0.1) is 4.92 Å². The van der Waals surface area contributed by atoms with E-state index in [1.807, 2.05) is 0 Å². The van der Waals surface area contributed by atoms with Gasteiger partial charge in [-0.1, -0.05) is 36.4 Å². The van der Waals surface area contributed by atoms with Gasteiger partial charge in [-0.05, 0) is 36.5 Å². The fourth-order valence-corrected chi connectivity index (χ4v) is 4.25. The van der Waals surface area contributed by atoms with Crippen molar-refractivity contribution in [2.45, 2.75) is 31.8 Å². The van der Waals surface area contributed by atoms with Crippen molar-refractivity contribution in [1.29, 1.82) is 0 Å². The first-order chi connectivity index (χ1) is 13.1. The molecule has 1 fully saturated rings. The Hall–Kier alpha value is -2.73. The van der Waals surface area contributed by atoms with E-state index in [-0.39, 0.29) is 17.2 Å². The summed E-state index contributed by atoms with van der Waals surface area (Å²) in [6.45, 7) is 3.20.